The van der Waals surface area contributed by atoms with Crippen molar-refractivity contribution >= 4 is 48.9 Å². The minimum absolute atomic E-state index is 0.129. The van der Waals surface area contributed by atoms with Crippen LogP contribution >= 0.6 is 11.6 Å². The van der Waals surface area contributed by atoms with Gasteiger partial charge in [0, 0.05) is 17.0 Å². The highest BCUT2D eigenvalue weighted by atomic mass is 35.5. The van der Waals surface area contributed by atoms with Gasteiger partial charge in [-0.15, -0.1) is 0 Å². The highest BCUT2D eigenvalue weighted by Crippen LogP contribution is 2.40. The minimum Gasteiger partial charge on any atom is -0.348 e. The van der Waals surface area contributed by atoms with Crippen LogP contribution in [-0.4, -0.2) is 29.1 Å². The lowest BCUT2D eigenvalue weighted by Crippen LogP contribution is -2.08. The van der Waals surface area contributed by atoms with E-state index in [0.29, 0.717) is 16.3 Å². The van der Waals surface area contributed by atoms with Crippen LogP contribution in [0.25, 0.3) is 21.8 Å². The second kappa shape index (κ2) is 4.92. The molecule has 3 aromatic rings. The van der Waals surface area contributed by atoms with Crippen LogP contribution in [0.1, 0.15) is 6.92 Å². The number of aromatic amines is 1. The quantitative estimate of drug-likeness (QED) is 0.583. The molecule has 0 fully saturated rings. The van der Waals surface area contributed by atoms with Crippen LogP contribution in [0.4, 0.5) is 5.69 Å². The standard InChI is InChI=1S/C13H10ClN3O4S/c1-2-22(20,21)13-9(14)5-8-7-3-4-15-6-10(7)16-11(8)12(13)17(18)19/h3-6,16H,2H2,1H3. The van der Waals surface area contributed by atoms with Gasteiger partial charge in [0.25, 0.3) is 0 Å². The molecule has 0 saturated carbocycles. The number of rotatable bonds is 3. The summed E-state index contributed by atoms with van der Waals surface area (Å²) in [5.74, 6) is -0.277. The van der Waals surface area contributed by atoms with E-state index in [4.69, 9.17) is 11.6 Å². The van der Waals surface area contributed by atoms with E-state index in [0.717, 1.165) is 0 Å². The van der Waals surface area contributed by atoms with Gasteiger partial charge in [0.2, 0.25) is 0 Å². The summed E-state index contributed by atoms with van der Waals surface area (Å²) in [4.78, 5) is 17.1. The van der Waals surface area contributed by atoms with Gasteiger partial charge in [0.1, 0.15) is 5.52 Å². The first-order valence-corrected chi connectivity index (χ1v) is 8.35. The summed E-state index contributed by atoms with van der Waals surface area (Å²) in [5.41, 5.74) is 0.174. The van der Waals surface area contributed by atoms with E-state index in [1.807, 2.05) is 0 Å². The van der Waals surface area contributed by atoms with Crippen molar-refractivity contribution in [1.82, 2.24) is 9.97 Å². The maximum absolute atomic E-state index is 12.2. The van der Waals surface area contributed by atoms with Gasteiger partial charge >= 0.3 is 5.69 Å². The number of halogens is 1. The van der Waals surface area contributed by atoms with E-state index >= 15 is 0 Å². The van der Waals surface area contributed by atoms with Gasteiger partial charge in [-0.05, 0) is 12.1 Å². The lowest BCUT2D eigenvalue weighted by atomic mass is 10.1. The number of nitro benzene ring substituents is 1. The zero-order valence-corrected chi connectivity index (χ0v) is 12.9. The second-order valence-electron chi connectivity index (χ2n) is 4.67. The Bertz CT molecular complexity index is 1030. The van der Waals surface area contributed by atoms with Crippen molar-refractivity contribution in [2.45, 2.75) is 11.8 Å². The van der Waals surface area contributed by atoms with E-state index in [1.165, 1.54) is 19.2 Å². The summed E-state index contributed by atoms with van der Waals surface area (Å²) < 4.78 is 24.4. The molecule has 0 atom stereocenters. The van der Waals surface area contributed by atoms with E-state index in [9.17, 15) is 18.5 Å². The molecular formula is C13H10ClN3O4S. The Balaban J connectivity index is 2.59. The molecular weight excluding hydrogens is 330 g/mol. The molecule has 2 heterocycles. The molecule has 0 unspecified atom stereocenters. The van der Waals surface area contributed by atoms with E-state index in [2.05, 4.69) is 9.97 Å². The smallest absolute Gasteiger partial charge is 0.313 e. The Morgan fingerprint density at radius 2 is 2.14 bits per heavy atom. The largest absolute Gasteiger partial charge is 0.348 e. The normalized spacial score (nSPS) is 12.1. The Morgan fingerprint density at radius 1 is 1.41 bits per heavy atom. The molecule has 0 aliphatic rings. The van der Waals surface area contributed by atoms with Crippen molar-refractivity contribution in [2.75, 3.05) is 5.75 Å². The Hall–Kier alpha value is -2.19. The first-order valence-electron chi connectivity index (χ1n) is 6.32. The van der Waals surface area contributed by atoms with E-state index < -0.39 is 25.3 Å². The lowest BCUT2D eigenvalue weighted by molar-refractivity contribution is -0.386. The molecule has 22 heavy (non-hydrogen) atoms. The van der Waals surface area contributed by atoms with Crippen molar-refractivity contribution in [2.24, 2.45) is 0 Å². The number of benzene rings is 1. The number of nitrogens with zero attached hydrogens (tertiary/aromatic N) is 2. The summed E-state index contributed by atoms with van der Waals surface area (Å²) in [5, 5.41) is 12.5. The summed E-state index contributed by atoms with van der Waals surface area (Å²) in [6.07, 6.45) is 3.06. The number of sulfone groups is 1. The van der Waals surface area contributed by atoms with Crippen molar-refractivity contribution in [1.29, 1.82) is 0 Å². The third-order valence-electron chi connectivity index (χ3n) is 3.45. The molecule has 0 radical (unpaired) electrons. The van der Waals surface area contributed by atoms with Crippen LogP contribution < -0.4 is 0 Å². The molecule has 0 amide bonds. The maximum atomic E-state index is 12.2. The molecule has 9 heteroatoms. The number of aromatic nitrogens is 2. The summed E-state index contributed by atoms with van der Waals surface area (Å²) in [6.45, 7) is 1.41. The van der Waals surface area contributed by atoms with Crippen LogP contribution in [0.15, 0.2) is 29.4 Å². The SMILES string of the molecule is CCS(=O)(=O)c1c(Cl)cc2c([nH]c3cnccc32)c1[N+](=O)[O-]. The van der Waals surface area contributed by atoms with Crippen molar-refractivity contribution in [3.63, 3.8) is 0 Å². The number of nitrogens with one attached hydrogen (secondary N) is 1. The molecule has 2 aromatic heterocycles. The van der Waals surface area contributed by atoms with Gasteiger partial charge in [-0.1, -0.05) is 18.5 Å². The molecule has 3 rings (SSSR count). The monoisotopic (exact) mass is 339 g/mol. The average Bonchev–Trinajstić information content (AvgIpc) is 2.83. The van der Waals surface area contributed by atoms with Gasteiger partial charge in [0.05, 0.1) is 27.4 Å². The number of hydrogen-bond donors (Lipinski definition) is 1. The average molecular weight is 340 g/mol. The molecule has 114 valence electrons. The topological polar surface area (TPSA) is 106 Å². The third-order valence-corrected chi connectivity index (χ3v) is 5.66. The lowest BCUT2D eigenvalue weighted by Gasteiger charge is -2.06. The Labute approximate surface area is 130 Å². The van der Waals surface area contributed by atoms with Crippen LogP contribution in [0.2, 0.25) is 5.02 Å². The molecule has 1 aromatic carbocycles. The fourth-order valence-corrected chi connectivity index (χ4v) is 4.10. The molecule has 1 N–H and O–H groups in total. The molecule has 7 nitrogen and oxygen atoms in total. The van der Waals surface area contributed by atoms with Gasteiger partial charge in [-0.3, -0.25) is 15.1 Å². The molecule has 0 saturated heterocycles. The Kier molecular flexibility index (Phi) is 3.30. The number of hydrogen-bond acceptors (Lipinski definition) is 5. The zero-order valence-electron chi connectivity index (χ0n) is 11.3. The van der Waals surface area contributed by atoms with Crippen LogP contribution in [0.5, 0.6) is 0 Å². The predicted octanol–water partition coefficient (Wildman–Crippen LogP) is 3.07. The third kappa shape index (κ3) is 2.03. The number of fused-ring (bicyclic) bond motifs is 3. The van der Waals surface area contributed by atoms with Crippen molar-refractivity contribution in [3.05, 3.63) is 39.7 Å². The fourth-order valence-electron chi connectivity index (χ4n) is 2.44. The first kappa shape index (κ1) is 14.7. The van der Waals surface area contributed by atoms with Crippen LogP contribution in [0.3, 0.4) is 0 Å². The first-order chi connectivity index (χ1) is 10.4. The van der Waals surface area contributed by atoms with Crippen LogP contribution in [0, 0.1) is 10.1 Å². The summed E-state index contributed by atoms with van der Waals surface area (Å²) >= 11 is 6.06. The zero-order chi connectivity index (χ0) is 16.1. The van der Waals surface area contributed by atoms with Gasteiger partial charge in [0.15, 0.2) is 14.7 Å². The maximum Gasteiger partial charge on any atom is 0.313 e. The van der Waals surface area contributed by atoms with Crippen molar-refractivity contribution < 1.29 is 13.3 Å². The van der Waals surface area contributed by atoms with Gasteiger partial charge in [-0.2, -0.15) is 0 Å². The van der Waals surface area contributed by atoms with E-state index in [-0.39, 0.29) is 16.3 Å². The predicted molar refractivity (Wildman–Crippen MR) is 83.0 cm³/mol. The second-order valence-corrected chi connectivity index (χ2v) is 7.29. The highest BCUT2D eigenvalue weighted by Gasteiger charge is 2.32. The van der Waals surface area contributed by atoms with Crippen LogP contribution in [-0.2, 0) is 9.84 Å². The minimum atomic E-state index is -3.84. The van der Waals surface area contributed by atoms with Crippen molar-refractivity contribution in [3.8, 4) is 0 Å². The number of pyridine rings is 1. The molecule has 0 spiro atoms. The fraction of sp³-hybridized carbons (Fsp3) is 0.154. The molecule has 0 aliphatic carbocycles. The van der Waals surface area contributed by atoms with Gasteiger partial charge < -0.3 is 4.98 Å². The van der Waals surface area contributed by atoms with Gasteiger partial charge in [-0.25, -0.2) is 8.42 Å². The Morgan fingerprint density at radius 3 is 2.77 bits per heavy atom. The summed E-state index contributed by atoms with van der Waals surface area (Å²) in [7, 11) is -3.84. The number of H-pyrrole nitrogens is 1. The molecule has 0 aliphatic heterocycles. The summed E-state index contributed by atoms with van der Waals surface area (Å²) in [6, 6.07) is 3.12. The highest BCUT2D eigenvalue weighted by molar-refractivity contribution is 7.91. The molecule has 0 bridgehead atoms. The number of nitro groups is 1. The van der Waals surface area contributed by atoms with E-state index in [1.54, 1.807) is 12.3 Å².